The minimum absolute atomic E-state index is 0.277. The second-order valence-corrected chi connectivity index (χ2v) is 4.76. The number of nitrogens with one attached hydrogen (secondary N) is 1. The number of amides is 1. The second kappa shape index (κ2) is 6.13. The van der Waals surface area contributed by atoms with Gasteiger partial charge in [-0.2, -0.15) is 5.26 Å². The molecule has 0 aliphatic rings. The fourth-order valence-corrected chi connectivity index (χ4v) is 2.04. The first-order chi connectivity index (χ1) is 9.65. The first-order valence-electron chi connectivity index (χ1n) is 5.74. The van der Waals surface area contributed by atoms with Crippen molar-refractivity contribution in [1.82, 2.24) is 4.98 Å². The zero-order valence-electron chi connectivity index (χ0n) is 10.4. The molecule has 1 aromatic heterocycles. The van der Waals surface area contributed by atoms with Gasteiger partial charge in [-0.05, 0) is 39.7 Å². The van der Waals surface area contributed by atoms with Crippen LogP contribution >= 0.6 is 15.9 Å². The molecule has 0 atom stereocenters. The Balaban J connectivity index is 2.26. The van der Waals surface area contributed by atoms with Crippen LogP contribution < -0.4 is 5.32 Å². The highest BCUT2D eigenvalue weighted by atomic mass is 79.9. The van der Waals surface area contributed by atoms with E-state index in [9.17, 15) is 4.79 Å². The number of nitriles is 1. The molecule has 0 saturated heterocycles. The molecule has 1 N–H and O–H groups in total. The van der Waals surface area contributed by atoms with Crippen molar-refractivity contribution >= 4 is 33.6 Å². The summed E-state index contributed by atoms with van der Waals surface area (Å²) in [6, 6.07) is 10.6. The molecule has 0 unspecified atom stereocenters. The maximum absolute atomic E-state index is 12.1. The van der Waals surface area contributed by atoms with E-state index in [4.69, 9.17) is 5.26 Å². The summed E-state index contributed by atoms with van der Waals surface area (Å²) in [5.74, 6) is -0.366. The third-order valence-electron chi connectivity index (χ3n) is 2.63. The summed E-state index contributed by atoms with van der Waals surface area (Å²) in [6.45, 7) is 3.62. The van der Waals surface area contributed by atoms with Crippen LogP contribution in [0.3, 0.4) is 0 Å². The zero-order chi connectivity index (χ0) is 14.5. The molecule has 1 heterocycles. The van der Waals surface area contributed by atoms with Crippen LogP contribution in [0.2, 0.25) is 0 Å². The molecule has 0 aliphatic heterocycles. The van der Waals surface area contributed by atoms with E-state index in [2.05, 4.69) is 32.8 Å². The summed E-state index contributed by atoms with van der Waals surface area (Å²) in [7, 11) is 0. The number of halogens is 1. The zero-order valence-corrected chi connectivity index (χ0v) is 12.0. The van der Waals surface area contributed by atoms with E-state index < -0.39 is 0 Å². The van der Waals surface area contributed by atoms with Crippen LogP contribution in [-0.2, 0) is 0 Å². The van der Waals surface area contributed by atoms with Crippen molar-refractivity contribution < 1.29 is 4.79 Å². The van der Waals surface area contributed by atoms with Gasteiger partial charge in [0.15, 0.2) is 0 Å². The highest BCUT2D eigenvalue weighted by molar-refractivity contribution is 9.10. The number of rotatable bonds is 3. The number of hydrogen-bond donors (Lipinski definition) is 1. The molecule has 0 bridgehead atoms. The van der Waals surface area contributed by atoms with Gasteiger partial charge in [0.05, 0.1) is 11.3 Å². The topological polar surface area (TPSA) is 65.8 Å². The van der Waals surface area contributed by atoms with Gasteiger partial charge in [-0.25, -0.2) is 0 Å². The van der Waals surface area contributed by atoms with Crippen molar-refractivity contribution in [2.24, 2.45) is 0 Å². The second-order valence-electron chi connectivity index (χ2n) is 3.91. The van der Waals surface area contributed by atoms with Crippen molar-refractivity contribution in [3.63, 3.8) is 0 Å². The highest BCUT2D eigenvalue weighted by Crippen LogP contribution is 2.24. The predicted octanol–water partition coefficient (Wildman–Crippen LogP) is 3.61. The van der Waals surface area contributed by atoms with Gasteiger partial charge in [-0.1, -0.05) is 24.8 Å². The van der Waals surface area contributed by atoms with Gasteiger partial charge in [-0.15, -0.1) is 0 Å². The van der Waals surface area contributed by atoms with E-state index in [1.807, 2.05) is 6.07 Å². The average Bonchev–Trinajstić information content (AvgIpc) is 2.47. The smallest absolute Gasteiger partial charge is 0.274 e. The Morgan fingerprint density at radius 1 is 1.40 bits per heavy atom. The molecule has 2 rings (SSSR count). The predicted molar refractivity (Wildman–Crippen MR) is 81.1 cm³/mol. The number of aromatic nitrogens is 1. The van der Waals surface area contributed by atoms with Gasteiger partial charge < -0.3 is 5.32 Å². The summed E-state index contributed by atoms with van der Waals surface area (Å²) in [4.78, 5) is 16.1. The van der Waals surface area contributed by atoms with Crippen molar-refractivity contribution in [2.45, 2.75) is 0 Å². The molecule has 2 aromatic rings. The lowest BCUT2D eigenvalue weighted by Crippen LogP contribution is -2.14. The minimum Gasteiger partial charge on any atom is -0.319 e. The van der Waals surface area contributed by atoms with E-state index in [1.54, 1.807) is 42.6 Å². The Bertz CT molecular complexity index is 702. The summed E-state index contributed by atoms with van der Waals surface area (Å²) >= 11 is 3.27. The van der Waals surface area contributed by atoms with Crippen molar-refractivity contribution in [2.75, 3.05) is 5.32 Å². The molecule has 1 aromatic carbocycles. The summed E-state index contributed by atoms with van der Waals surface area (Å²) < 4.78 is 0.632. The molecule has 1 amide bonds. The number of nitrogens with zero attached hydrogens (tertiary/aromatic N) is 2. The Morgan fingerprint density at radius 3 is 2.80 bits per heavy atom. The number of anilines is 1. The average molecular weight is 328 g/mol. The first kappa shape index (κ1) is 14.0. The number of hydrogen-bond acceptors (Lipinski definition) is 3. The Morgan fingerprint density at radius 2 is 2.20 bits per heavy atom. The number of benzene rings is 1. The standard InChI is InChI=1S/C15H10BrN3O/c1-2-10-6-7-14(18-9-10)15(20)19-13-5-3-4-12(16)11(13)8-17/h2-7,9H,1H2,(H,19,20). The van der Waals surface area contributed by atoms with Gasteiger partial charge in [-0.3, -0.25) is 9.78 Å². The van der Waals surface area contributed by atoms with Crippen LogP contribution in [0.5, 0.6) is 0 Å². The molecule has 5 heteroatoms. The van der Waals surface area contributed by atoms with Crippen LogP contribution in [0, 0.1) is 11.3 Å². The van der Waals surface area contributed by atoms with E-state index in [0.717, 1.165) is 5.56 Å². The van der Waals surface area contributed by atoms with Crippen LogP contribution in [-0.4, -0.2) is 10.9 Å². The molecule has 4 nitrogen and oxygen atoms in total. The van der Waals surface area contributed by atoms with Gasteiger partial charge in [0.25, 0.3) is 5.91 Å². The SMILES string of the molecule is C=Cc1ccc(C(=O)Nc2cccc(Br)c2C#N)nc1. The molecule has 98 valence electrons. The molecule has 20 heavy (non-hydrogen) atoms. The molecular weight excluding hydrogens is 318 g/mol. The third kappa shape index (κ3) is 2.92. The van der Waals surface area contributed by atoms with Crippen LogP contribution in [0.25, 0.3) is 6.08 Å². The Labute approximate surface area is 124 Å². The maximum Gasteiger partial charge on any atom is 0.274 e. The number of carbonyl (C=O) groups is 1. The van der Waals surface area contributed by atoms with E-state index in [1.165, 1.54) is 0 Å². The summed E-state index contributed by atoms with van der Waals surface area (Å²) in [5.41, 5.74) is 1.94. The van der Waals surface area contributed by atoms with Gasteiger partial charge in [0, 0.05) is 10.7 Å². The lowest BCUT2D eigenvalue weighted by Gasteiger charge is -2.07. The normalized spacial score (nSPS) is 9.60. The van der Waals surface area contributed by atoms with Gasteiger partial charge in [0.1, 0.15) is 11.8 Å². The fraction of sp³-hybridized carbons (Fsp3) is 0. The van der Waals surface area contributed by atoms with Crippen LogP contribution in [0.15, 0.2) is 47.6 Å². The Kier molecular flexibility index (Phi) is 4.28. The van der Waals surface area contributed by atoms with Crippen molar-refractivity contribution in [3.05, 3.63) is 64.4 Å². The molecular formula is C15H10BrN3O. The largest absolute Gasteiger partial charge is 0.319 e. The molecule has 0 spiro atoms. The van der Waals surface area contributed by atoms with Crippen molar-refractivity contribution in [3.8, 4) is 6.07 Å². The molecule has 0 fully saturated rings. The van der Waals surface area contributed by atoms with Crippen LogP contribution in [0.1, 0.15) is 21.6 Å². The molecule has 0 saturated carbocycles. The monoisotopic (exact) mass is 327 g/mol. The molecule has 0 radical (unpaired) electrons. The first-order valence-corrected chi connectivity index (χ1v) is 6.53. The van der Waals surface area contributed by atoms with E-state index in [-0.39, 0.29) is 11.6 Å². The lowest BCUT2D eigenvalue weighted by atomic mass is 10.2. The van der Waals surface area contributed by atoms with Gasteiger partial charge in [0.2, 0.25) is 0 Å². The fourth-order valence-electron chi connectivity index (χ4n) is 1.59. The highest BCUT2D eigenvalue weighted by Gasteiger charge is 2.11. The summed E-state index contributed by atoms with van der Waals surface area (Å²) in [5, 5.41) is 11.8. The number of carbonyl (C=O) groups excluding carboxylic acids is 1. The maximum atomic E-state index is 12.1. The summed E-state index contributed by atoms with van der Waals surface area (Å²) in [6.07, 6.45) is 3.21. The third-order valence-corrected chi connectivity index (χ3v) is 3.29. The van der Waals surface area contributed by atoms with Crippen molar-refractivity contribution in [1.29, 1.82) is 5.26 Å². The number of pyridine rings is 1. The lowest BCUT2D eigenvalue weighted by molar-refractivity contribution is 0.102. The molecule has 0 aliphatic carbocycles. The van der Waals surface area contributed by atoms with E-state index in [0.29, 0.717) is 15.7 Å². The Hall–Kier alpha value is -2.45. The van der Waals surface area contributed by atoms with E-state index >= 15 is 0 Å². The van der Waals surface area contributed by atoms with Crippen LogP contribution in [0.4, 0.5) is 5.69 Å². The quantitative estimate of drug-likeness (QED) is 0.936. The minimum atomic E-state index is -0.366. The van der Waals surface area contributed by atoms with Gasteiger partial charge >= 0.3 is 0 Å².